The average Bonchev–Trinajstić information content (AvgIpc) is 2.74. The SMILES string of the molecule is Cl.N[C@H](c1cccc(Cl)c1F)C1CCCC1. The van der Waals surface area contributed by atoms with Crippen LogP contribution in [0.25, 0.3) is 0 Å². The second-order valence-corrected chi connectivity index (χ2v) is 4.62. The summed E-state index contributed by atoms with van der Waals surface area (Å²) < 4.78 is 13.7. The van der Waals surface area contributed by atoms with Gasteiger partial charge >= 0.3 is 0 Å². The van der Waals surface area contributed by atoms with E-state index in [4.69, 9.17) is 17.3 Å². The molecule has 0 unspecified atom stereocenters. The van der Waals surface area contributed by atoms with Crippen LogP contribution in [0.2, 0.25) is 5.02 Å². The Kier molecular flexibility index (Phi) is 5.03. The third-order valence-electron chi connectivity index (χ3n) is 3.25. The Bertz CT molecular complexity index is 351. The Balaban J connectivity index is 0.00000128. The third kappa shape index (κ3) is 2.68. The smallest absolute Gasteiger partial charge is 0.146 e. The first-order valence-corrected chi connectivity index (χ1v) is 5.77. The summed E-state index contributed by atoms with van der Waals surface area (Å²) in [5.74, 6) is 0.0662. The second-order valence-electron chi connectivity index (χ2n) is 4.21. The normalized spacial score (nSPS) is 18.2. The second kappa shape index (κ2) is 5.85. The Labute approximate surface area is 107 Å². The fraction of sp³-hybridized carbons (Fsp3) is 0.500. The van der Waals surface area contributed by atoms with Crippen LogP contribution in [0.15, 0.2) is 18.2 Å². The van der Waals surface area contributed by atoms with E-state index in [2.05, 4.69) is 0 Å². The number of hydrogen-bond donors (Lipinski definition) is 1. The van der Waals surface area contributed by atoms with Crippen LogP contribution < -0.4 is 5.73 Å². The van der Waals surface area contributed by atoms with Crippen molar-refractivity contribution in [2.75, 3.05) is 0 Å². The van der Waals surface area contributed by atoms with Gasteiger partial charge in [-0.1, -0.05) is 36.6 Å². The zero-order valence-corrected chi connectivity index (χ0v) is 10.5. The predicted molar refractivity (Wildman–Crippen MR) is 67.5 cm³/mol. The van der Waals surface area contributed by atoms with Crippen molar-refractivity contribution in [2.24, 2.45) is 11.7 Å². The molecule has 0 aromatic heterocycles. The topological polar surface area (TPSA) is 26.0 Å². The molecule has 1 aliphatic carbocycles. The van der Waals surface area contributed by atoms with Crippen molar-refractivity contribution in [3.05, 3.63) is 34.6 Å². The van der Waals surface area contributed by atoms with Gasteiger partial charge in [0.25, 0.3) is 0 Å². The highest BCUT2D eigenvalue weighted by atomic mass is 35.5. The summed E-state index contributed by atoms with van der Waals surface area (Å²) in [7, 11) is 0. The quantitative estimate of drug-likeness (QED) is 0.855. The zero-order chi connectivity index (χ0) is 10.8. The molecule has 0 saturated heterocycles. The number of hydrogen-bond acceptors (Lipinski definition) is 1. The highest BCUT2D eigenvalue weighted by Gasteiger charge is 2.25. The van der Waals surface area contributed by atoms with Crippen molar-refractivity contribution in [1.29, 1.82) is 0 Å². The molecule has 1 aromatic carbocycles. The summed E-state index contributed by atoms with van der Waals surface area (Å²) >= 11 is 5.73. The molecular formula is C12H16Cl2FN. The summed E-state index contributed by atoms with van der Waals surface area (Å²) in [4.78, 5) is 0. The first-order chi connectivity index (χ1) is 7.20. The molecule has 4 heteroatoms. The summed E-state index contributed by atoms with van der Waals surface area (Å²) in [5.41, 5.74) is 6.64. The van der Waals surface area contributed by atoms with Crippen LogP contribution in [-0.2, 0) is 0 Å². The van der Waals surface area contributed by atoms with Gasteiger partial charge in [0.1, 0.15) is 5.82 Å². The number of nitrogens with two attached hydrogens (primary N) is 1. The molecule has 0 heterocycles. The van der Waals surface area contributed by atoms with Crippen LogP contribution in [0.4, 0.5) is 4.39 Å². The Morgan fingerprint density at radius 3 is 2.56 bits per heavy atom. The van der Waals surface area contributed by atoms with Gasteiger partial charge < -0.3 is 5.73 Å². The van der Waals surface area contributed by atoms with Crippen LogP contribution in [0, 0.1) is 11.7 Å². The molecule has 2 rings (SSSR count). The molecule has 0 aliphatic heterocycles. The van der Waals surface area contributed by atoms with E-state index < -0.39 is 0 Å². The summed E-state index contributed by atoms with van der Waals surface area (Å²) in [6.45, 7) is 0. The first-order valence-electron chi connectivity index (χ1n) is 5.39. The van der Waals surface area contributed by atoms with Gasteiger partial charge in [0, 0.05) is 11.6 Å². The molecule has 0 bridgehead atoms. The monoisotopic (exact) mass is 263 g/mol. The van der Waals surface area contributed by atoms with Gasteiger partial charge in [0.05, 0.1) is 5.02 Å². The number of benzene rings is 1. The van der Waals surface area contributed by atoms with E-state index in [1.807, 2.05) is 0 Å². The van der Waals surface area contributed by atoms with E-state index in [-0.39, 0.29) is 29.3 Å². The minimum Gasteiger partial charge on any atom is -0.324 e. The maximum atomic E-state index is 13.7. The minimum atomic E-state index is -0.349. The molecule has 90 valence electrons. The summed E-state index contributed by atoms with van der Waals surface area (Å²) in [6, 6.07) is 4.85. The Hall–Kier alpha value is -0.310. The minimum absolute atomic E-state index is 0. The molecule has 2 N–H and O–H groups in total. The van der Waals surface area contributed by atoms with Crippen molar-refractivity contribution in [3.8, 4) is 0 Å². The van der Waals surface area contributed by atoms with Crippen LogP contribution in [0.5, 0.6) is 0 Å². The predicted octanol–water partition coefficient (Wildman–Crippen LogP) is 4.09. The molecule has 0 spiro atoms. The highest BCUT2D eigenvalue weighted by Crippen LogP contribution is 2.35. The fourth-order valence-corrected chi connectivity index (χ4v) is 2.53. The lowest BCUT2D eigenvalue weighted by Gasteiger charge is -2.19. The van der Waals surface area contributed by atoms with Crippen molar-refractivity contribution in [1.82, 2.24) is 0 Å². The molecule has 1 atom stereocenters. The Morgan fingerprint density at radius 2 is 1.94 bits per heavy atom. The molecule has 1 aliphatic rings. The number of halogens is 3. The van der Waals surface area contributed by atoms with E-state index in [1.165, 1.54) is 12.8 Å². The van der Waals surface area contributed by atoms with E-state index in [0.29, 0.717) is 11.5 Å². The van der Waals surface area contributed by atoms with Crippen LogP contribution in [0.3, 0.4) is 0 Å². The highest BCUT2D eigenvalue weighted by molar-refractivity contribution is 6.30. The van der Waals surface area contributed by atoms with Crippen molar-refractivity contribution in [2.45, 2.75) is 31.7 Å². The maximum absolute atomic E-state index is 13.7. The van der Waals surface area contributed by atoms with E-state index in [0.717, 1.165) is 12.8 Å². The standard InChI is InChI=1S/C12H15ClFN.ClH/c13-10-7-3-6-9(11(10)14)12(15)8-4-1-2-5-8;/h3,6-8,12H,1-2,4-5,15H2;1H/t12-;/m0./s1. The van der Waals surface area contributed by atoms with Gasteiger partial charge in [-0.05, 0) is 24.8 Å². The van der Waals surface area contributed by atoms with Gasteiger partial charge in [-0.2, -0.15) is 0 Å². The maximum Gasteiger partial charge on any atom is 0.146 e. The molecule has 0 radical (unpaired) electrons. The zero-order valence-electron chi connectivity index (χ0n) is 8.96. The summed E-state index contributed by atoms with van der Waals surface area (Å²) in [6.07, 6.45) is 4.63. The number of rotatable bonds is 2. The van der Waals surface area contributed by atoms with E-state index >= 15 is 0 Å². The van der Waals surface area contributed by atoms with Gasteiger partial charge in [-0.25, -0.2) is 4.39 Å². The molecule has 1 nitrogen and oxygen atoms in total. The lowest BCUT2D eigenvalue weighted by atomic mass is 9.92. The molecule has 0 amide bonds. The third-order valence-corrected chi connectivity index (χ3v) is 3.54. The van der Waals surface area contributed by atoms with Crippen LogP contribution in [-0.4, -0.2) is 0 Å². The average molecular weight is 264 g/mol. The largest absolute Gasteiger partial charge is 0.324 e. The van der Waals surface area contributed by atoms with Crippen molar-refractivity contribution < 1.29 is 4.39 Å². The van der Waals surface area contributed by atoms with Gasteiger partial charge in [0.2, 0.25) is 0 Å². The lowest BCUT2D eigenvalue weighted by molar-refractivity contribution is 0.429. The van der Waals surface area contributed by atoms with Crippen LogP contribution in [0.1, 0.15) is 37.3 Å². The Morgan fingerprint density at radius 1 is 1.31 bits per heavy atom. The molecule has 1 fully saturated rings. The summed E-state index contributed by atoms with van der Waals surface area (Å²) in [5, 5.41) is 0.168. The fourth-order valence-electron chi connectivity index (χ4n) is 2.35. The molecule has 1 aromatic rings. The van der Waals surface area contributed by atoms with Gasteiger partial charge in [-0.15, -0.1) is 12.4 Å². The lowest BCUT2D eigenvalue weighted by Crippen LogP contribution is -2.20. The van der Waals surface area contributed by atoms with Crippen molar-refractivity contribution >= 4 is 24.0 Å². The molecular weight excluding hydrogens is 248 g/mol. The molecule has 16 heavy (non-hydrogen) atoms. The first kappa shape index (κ1) is 13.8. The van der Waals surface area contributed by atoms with E-state index in [1.54, 1.807) is 18.2 Å². The van der Waals surface area contributed by atoms with Gasteiger partial charge in [0.15, 0.2) is 0 Å². The van der Waals surface area contributed by atoms with Gasteiger partial charge in [-0.3, -0.25) is 0 Å². The van der Waals surface area contributed by atoms with Crippen LogP contribution >= 0.6 is 24.0 Å². The van der Waals surface area contributed by atoms with E-state index in [9.17, 15) is 4.39 Å². The van der Waals surface area contributed by atoms with Crippen molar-refractivity contribution in [3.63, 3.8) is 0 Å². The molecule has 1 saturated carbocycles.